The molecular formula is C20H21N7O3. The van der Waals surface area contributed by atoms with Gasteiger partial charge in [0.1, 0.15) is 0 Å². The molecule has 0 radical (unpaired) electrons. The first-order valence-electron chi connectivity index (χ1n) is 9.59. The summed E-state index contributed by atoms with van der Waals surface area (Å²) in [5, 5.41) is 15.1. The molecule has 0 unspecified atom stereocenters. The summed E-state index contributed by atoms with van der Waals surface area (Å²) in [7, 11) is 0. The van der Waals surface area contributed by atoms with E-state index < -0.39 is 0 Å². The minimum Gasteiger partial charge on any atom is -0.355 e. The molecule has 0 aliphatic rings. The molecule has 1 N–H and O–H groups in total. The van der Waals surface area contributed by atoms with Crippen LogP contribution in [0.1, 0.15) is 34.6 Å². The summed E-state index contributed by atoms with van der Waals surface area (Å²) in [6, 6.07) is 5.20. The van der Waals surface area contributed by atoms with Crippen molar-refractivity contribution in [3.63, 3.8) is 0 Å². The number of pyridine rings is 1. The smallest absolute Gasteiger partial charge is 0.273 e. The Bertz CT molecular complexity index is 1160. The molecule has 4 heterocycles. The van der Waals surface area contributed by atoms with E-state index in [9.17, 15) is 4.79 Å². The van der Waals surface area contributed by atoms with E-state index in [4.69, 9.17) is 9.05 Å². The second-order valence-corrected chi connectivity index (χ2v) is 6.70. The highest BCUT2D eigenvalue weighted by Crippen LogP contribution is 2.27. The van der Waals surface area contributed by atoms with Crippen LogP contribution in [0.2, 0.25) is 0 Å². The average Bonchev–Trinajstić information content (AvgIpc) is 3.48. The second kappa shape index (κ2) is 8.27. The molecule has 0 atom stereocenters. The van der Waals surface area contributed by atoms with Crippen molar-refractivity contribution in [2.24, 2.45) is 0 Å². The van der Waals surface area contributed by atoms with E-state index in [1.807, 2.05) is 25.5 Å². The molecule has 10 heteroatoms. The Balaban J connectivity index is 1.37. The molecule has 0 bridgehead atoms. The molecule has 0 saturated heterocycles. The fraction of sp³-hybridized carbons (Fsp3) is 0.300. The number of hydrogen-bond donors (Lipinski definition) is 1. The lowest BCUT2D eigenvalue weighted by atomic mass is 10.1. The first-order chi connectivity index (χ1) is 14.6. The van der Waals surface area contributed by atoms with Crippen LogP contribution in [-0.2, 0) is 13.0 Å². The van der Waals surface area contributed by atoms with Gasteiger partial charge in [0.2, 0.25) is 0 Å². The van der Waals surface area contributed by atoms with E-state index in [1.54, 1.807) is 30.6 Å². The molecule has 0 saturated carbocycles. The largest absolute Gasteiger partial charge is 0.355 e. The monoisotopic (exact) mass is 407 g/mol. The Morgan fingerprint density at radius 1 is 1.17 bits per heavy atom. The van der Waals surface area contributed by atoms with Gasteiger partial charge in [-0.15, -0.1) is 0 Å². The Morgan fingerprint density at radius 3 is 2.70 bits per heavy atom. The third kappa shape index (κ3) is 3.84. The van der Waals surface area contributed by atoms with Crippen molar-refractivity contribution in [2.75, 3.05) is 6.54 Å². The summed E-state index contributed by atoms with van der Waals surface area (Å²) >= 11 is 0. The average molecular weight is 407 g/mol. The first kappa shape index (κ1) is 19.5. The summed E-state index contributed by atoms with van der Waals surface area (Å²) in [5.41, 5.74) is 3.66. The number of hydrogen-bond acceptors (Lipinski definition) is 8. The molecule has 0 aromatic carbocycles. The van der Waals surface area contributed by atoms with Crippen LogP contribution < -0.4 is 5.32 Å². The predicted molar refractivity (Wildman–Crippen MR) is 106 cm³/mol. The highest BCUT2D eigenvalue weighted by Gasteiger charge is 2.20. The number of carbonyl (C=O) groups is 1. The van der Waals surface area contributed by atoms with Gasteiger partial charge in [-0.3, -0.25) is 14.5 Å². The van der Waals surface area contributed by atoms with Crippen LogP contribution >= 0.6 is 0 Å². The van der Waals surface area contributed by atoms with E-state index in [0.29, 0.717) is 30.4 Å². The molecule has 0 aliphatic carbocycles. The van der Waals surface area contributed by atoms with Gasteiger partial charge in [-0.1, -0.05) is 10.3 Å². The van der Waals surface area contributed by atoms with Gasteiger partial charge in [-0.05, 0) is 32.9 Å². The summed E-state index contributed by atoms with van der Waals surface area (Å²) in [6.45, 7) is 6.98. The molecule has 0 aliphatic heterocycles. The highest BCUT2D eigenvalue weighted by molar-refractivity contribution is 5.93. The minimum atomic E-state index is -0.332. The van der Waals surface area contributed by atoms with Gasteiger partial charge in [-0.25, -0.2) is 0 Å². The van der Waals surface area contributed by atoms with Crippen molar-refractivity contribution in [3.8, 4) is 22.8 Å². The quantitative estimate of drug-likeness (QED) is 0.496. The SMILES string of the molecule is CCn1nc(C)c(-c2cc(C(=O)NCCc3noc(-c4ccncc4)n3)no2)c1C. The third-order valence-corrected chi connectivity index (χ3v) is 4.70. The summed E-state index contributed by atoms with van der Waals surface area (Å²) in [4.78, 5) is 20.7. The summed E-state index contributed by atoms with van der Waals surface area (Å²) in [6.07, 6.45) is 3.73. The van der Waals surface area contributed by atoms with Crippen molar-refractivity contribution >= 4 is 5.91 Å². The zero-order chi connectivity index (χ0) is 21.1. The number of nitrogens with zero attached hydrogens (tertiary/aromatic N) is 6. The zero-order valence-corrected chi connectivity index (χ0v) is 16.9. The predicted octanol–water partition coefficient (Wildman–Crippen LogP) is 2.59. The Morgan fingerprint density at radius 2 is 1.97 bits per heavy atom. The topological polar surface area (TPSA) is 125 Å². The zero-order valence-electron chi connectivity index (χ0n) is 16.9. The fourth-order valence-electron chi connectivity index (χ4n) is 3.21. The lowest BCUT2D eigenvalue weighted by molar-refractivity contribution is 0.0945. The molecule has 154 valence electrons. The Labute approximate surface area is 172 Å². The molecule has 30 heavy (non-hydrogen) atoms. The van der Waals surface area contributed by atoms with Gasteiger partial charge in [0.15, 0.2) is 17.3 Å². The van der Waals surface area contributed by atoms with Gasteiger partial charge in [-0.2, -0.15) is 10.1 Å². The van der Waals surface area contributed by atoms with Crippen molar-refractivity contribution in [1.82, 2.24) is 35.4 Å². The standard InChI is InChI=1S/C20H21N7O3/c1-4-27-13(3)18(12(2)24-27)16-11-15(25-29-16)19(28)22-10-7-17-23-20(30-26-17)14-5-8-21-9-6-14/h5-6,8-9,11H,4,7,10H2,1-3H3,(H,22,28). The number of aromatic nitrogens is 6. The van der Waals surface area contributed by atoms with Gasteiger partial charge in [0.25, 0.3) is 11.8 Å². The maximum atomic E-state index is 12.4. The van der Waals surface area contributed by atoms with E-state index in [2.05, 4.69) is 30.7 Å². The lowest BCUT2D eigenvalue weighted by Crippen LogP contribution is -2.26. The normalized spacial score (nSPS) is 11.0. The number of rotatable bonds is 7. The van der Waals surface area contributed by atoms with E-state index >= 15 is 0 Å². The summed E-state index contributed by atoms with van der Waals surface area (Å²) in [5.74, 6) is 1.11. The van der Waals surface area contributed by atoms with Crippen LogP contribution in [0, 0.1) is 13.8 Å². The van der Waals surface area contributed by atoms with Gasteiger partial charge in [0, 0.05) is 49.2 Å². The Kier molecular flexibility index (Phi) is 5.38. The van der Waals surface area contributed by atoms with Crippen LogP contribution in [0.5, 0.6) is 0 Å². The van der Waals surface area contributed by atoms with E-state index in [1.165, 1.54) is 0 Å². The Hall–Kier alpha value is -3.82. The van der Waals surface area contributed by atoms with Crippen LogP contribution in [0.3, 0.4) is 0 Å². The minimum absolute atomic E-state index is 0.207. The van der Waals surface area contributed by atoms with Crippen LogP contribution in [0.25, 0.3) is 22.8 Å². The fourth-order valence-corrected chi connectivity index (χ4v) is 3.21. The van der Waals surface area contributed by atoms with Crippen LogP contribution in [-0.4, -0.2) is 42.5 Å². The van der Waals surface area contributed by atoms with Gasteiger partial charge < -0.3 is 14.4 Å². The maximum absolute atomic E-state index is 12.4. The molecule has 0 fully saturated rings. The van der Waals surface area contributed by atoms with Crippen molar-refractivity contribution in [2.45, 2.75) is 33.7 Å². The first-order valence-corrected chi connectivity index (χ1v) is 9.59. The van der Waals surface area contributed by atoms with E-state index in [-0.39, 0.29) is 11.6 Å². The lowest BCUT2D eigenvalue weighted by Gasteiger charge is -1.99. The molecular weight excluding hydrogens is 386 g/mol. The number of aryl methyl sites for hydroxylation is 2. The van der Waals surface area contributed by atoms with Gasteiger partial charge >= 0.3 is 0 Å². The van der Waals surface area contributed by atoms with Crippen molar-refractivity contribution in [1.29, 1.82) is 0 Å². The molecule has 1 amide bonds. The van der Waals surface area contributed by atoms with Crippen molar-refractivity contribution in [3.05, 3.63) is 53.5 Å². The molecule has 10 nitrogen and oxygen atoms in total. The second-order valence-electron chi connectivity index (χ2n) is 6.70. The van der Waals surface area contributed by atoms with Crippen LogP contribution in [0.15, 0.2) is 39.6 Å². The molecule has 4 aromatic heterocycles. The molecule has 4 rings (SSSR count). The van der Waals surface area contributed by atoms with E-state index in [0.717, 1.165) is 29.1 Å². The molecule has 4 aromatic rings. The number of carbonyl (C=O) groups excluding carboxylic acids is 1. The number of amides is 1. The maximum Gasteiger partial charge on any atom is 0.273 e. The van der Waals surface area contributed by atoms with Crippen LogP contribution in [0.4, 0.5) is 0 Å². The summed E-state index contributed by atoms with van der Waals surface area (Å²) < 4.78 is 12.5. The highest BCUT2D eigenvalue weighted by atomic mass is 16.5. The van der Waals surface area contributed by atoms with Crippen molar-refractivity contribution < 1.29 is 13.8 Å². The third-order valence-electron chi connectivity index (χ3n) is 4.70. The number of nitrogens with one attached hydrogen (secondary N) is 1. The molecule has 0 spiro atoms. The van der Waals surface area contributed by atoms with Gasteiger partial charge in [0.05, 0.1) is 11.3 Å².